The molecule has 1 N–H and O–H groups in total. The molecular formula is C13H10FNO2S. The summed E-state index contributed by atoms with van der Waals surface area (Å²) in [6.07, 6.45) is 2.13. The Morgan fingerprint density at radius 3 is 2.83 bits per heavy atom. The lowest BCUT2D eigenvalue weighted by atomic mass is 10.1. The van der Waals surface area contributed by atoms with E-state index in [2.05, 4.69) is 4.98 Å². The minimum atomic E-state index is -1.06. The summed E-state index contributed by atoms with van der Waals surface area (Å²) in [5, 5.41) is 10.0. The topological polar surface area (TPSA) is 50.2 Å². The van der Waals surface area contributed by atoms with Gasteiger partial charge in [-0.15, -0.1) is 11.3 Å². The van der Waals surface area contributed by atoms with Crippen molar-refractivity contribution < 1.29 is 14.3 Å². The second kappa shape index (κ2) is 4.17. The number of carboxylic acids is 1. The van der Waals surface area contributed by atoms with E-state index in [1.54, 1.807) is 12.1 Å². The van der Waals surface area contributed by atoms with Crippen molar-refractivity contribution in [3.63, 3.8) is 0 Å². The van der Waals surface area contributed by atoms with E-state index in [-0.39, 0.29) is 11.5 Å². The van der Waals surface area contributed by atoms with Crippen LogP contribution in [0.4, 0.5) is 4.39 Å². The molecule has 3 rings (SSSR count). The van der Waals surface area contributed by atoms with Crippen LogP contribution in [-0.2, 0) is 0 Å². The van der Waals surface area contributed by atoms with Crippen molar-refractivity contribution >= 4 is 17.3 Å². The predicted molar refractivity (Wildman–Crippen MR) is 66.4 cm³/mol. The number of carbonyl (C=O) groups is 1. The first-order valence-electron chi connectivity index (χ1n) is 5.65. The van der Waals surface area contributed by atoms with E-state index in [0.717, 1.165) is 17.8 Å². The van der Waals surface area contributed by atoms with Crippen LogP contribution in [0.25, 0.3) is 10.4 Å². The van der Waals surface area contributed by atoms with Gasteiger partial charge >= 0.3 is 5.97 Å². The third kappa shape index (κ3) is 2.01. The highest BCUT2D eigenvalue weighted by atomic mass is 32.1. The second-order valence-corrected chi connectivity index (χ2v) is 5.35. The lowest BCUT2D eigenvalue weighted by molar-refractivity contribution is 0.0692. The maximum atomic E-state index is 13.2. The van der Waals surface area contributed by atoms with E-state index in [0.29, 0.717) is 16.4 Å². The standard InChI is InChI=1S/C13H10FNO2S/c14-9-3-1-2-8(6-9)11-10(13(16)17)15-12(18-11)7-4-5-7/h1-3,6-7H,4-5H2,(H,16,17). The number of thiazole rings is 1. The summed E-state index contributed by atoms with van der Waals surface area (Å²) in [4.78, 5) is 15.9. The average Bonchev–Trinajstić information content (AvgIpc) is 3.08. The van der Waals surface area contributed by atoms with E-state index in [1.165, 1.54) is 23.5 Å². The van der Waals surface area contributed by atoms with E-state index in [9.17, 15) is 9.18 Å². The third-order valence-corrected chi connectivity index (χ3v) is 4.13. The van der Waals surface area contributed by atoms with Crippen LogP contribution in [-0.4, -0.2) is 16.1 Å². The van der Waals surface area contributed by atoms with Crippen LogP contribution in [0.3, 0.4) is 0 Å². The zero-order chi connectivity index (χ0) is 12.7. The van der Waals surface area contributed by atoms with Gasteiger partial charge in [-0.05, 0) is 30.5 Å². The fourth-order valence-corrected chi connectivity index (χ4v) is 3.03. The van der Waals surface area contributed by atoms with Gasteiger partial charge in [0, 0.05) is 5.92 Å². The van der Waals surface area contributed by atoms with Crippen molar-refractivity contribution in [3.05, 3.63) is 40.8 Å². The van der Waals surface area contributed by atoms with E-state index < -0.39 is 5.97 Å². The van der Waals surface area contributed by atoms with Gasteiger partial charge in [-0.1, -0.05) is 12.1 Å². The minimum absolute atomic E-state index is 0.0347. The Balaban J connectivity index is 2.11. The molecule has 0 radical (unpaired) electrons. The van der Waals surface area contributed by atoms with Gasteiger partial charge < -0.3 is 5.11 Å². The molecule has 0 aliphatic heterocycles. The van der Waals surface area contributed by atoms with Gasteiger partial charge in [0.15, 0.2) is 5.69 Å². The number of aromatic nitrogens is 1. The van der Waals surface area contributed by atoms with Gasteiger partial charge in [0.2, 0.25) is 0 Å². The molecule has 5 heteroatoms. The van der Waals surface area contributed by atoms with Crippen LogP contribution >= 0.6 is 11.3 Å². The Bertz CT molecular complexity index is 619. The monoisotopic (exact) mass is 263 g/mol. The zero-order valence-electron chi connectivity index (χ0n) is 9.39. The Morgan fingerprint density at radius 1 is 1.44 bits per heavy atom. The van der Waals surface area contributed by atoms with Crippen LogP contribution < -0.4 is 0 Å². The second-order valence-electron chi connectivity index (χ2n) is 4.32. The smallest absolute Gasteiger partial charge is 0.356 e. The molecule has 0 unspecified atom stereocenters. The highest BCUT2D eigenvalue weighted by molar-refractivity contribution is 7.15. The molecule has 1 aromatic heterocycles. The highest BCUT2D eigenvalue weighted by Crippen LogP contribution is 2.44. The zero-order valence-corrected chi connectivity index (χ0v) is 10.2. The quantitative estimate of drug-likeness (QED) is 0.921. The van der Waals surface area contributed by atoms with Crippen molar-refractivity contribution in [2.45, 2.75) is 18.8 Å². The SMILES string of the molecule is O=C(O)c1nc(C2CC2)sc1-c1cccc(F)c1. The van der Waals surface area contributed by atoms with E-state index in [1.807, 2.05) is 0 Å². The summed E-state index contributed by atoms with van der Waals surface area (Å²) in [6, 6.07) is 5.97. The number of rotatable bonds is 3. The van der Waals surface area contributed by atoms with Gasteiger partial charge in [0.1, 0.15) is 5.82 Å². The Morgan fingerprint density at radius 2 is 2.22 bits per heavy atom. The van der Waals surface area contributed by atoms with Crippen molar-refractivity contribution in [3.8, 4) is 10.4 Å². The van der Waals surface area contributed by atoms with Gasteiger partial charge in [0.25, 0.3) is 0 Å². The largest absolute Gasteiger partial charge is 0.476 e. The van der Waals surface area contributed by atoms with Crippen molar-refractivity contribution in [1.82, 2.24) is 4.98 Å². The van der Waals surface area contributed by atoms with Gasteiger partial charge in [-0.2, -0.15) is 0 Å². The molecule has 1 aliphatic rings. The first-order chi connectivity index (χ1) is 8.65. The molecule has 0 amide bonds. The summed E-state index contributed by atoms with van der Waals surface area (Å²) >= 11 is 1.36. The number of benzene rings is 1. The van der Waals surface area contributed by atoms with Crippen LogP contribution in [0.15, 0.2) is 24.3 Å². The molecule has 1 aliphatic carbocycles. The summed E-state index contributed by atoms with van der Waals surface area (Å²) in [6.45, 7) is 0. The lowest BCUT2D eigenvalue weighted by Crippen LogP contribution is -1.99. The molecule has 18 heavy (non-hydrogen) atoms. The van der Waals surface area contributed by atoms with E-state index in [4.69, 9.17) is 5.11 Å². The molecule has 92 valence electrons. The van der Waals surface area contributed by atoms with Crippen molar-refractivity contribution in [2.24, 2.45) is 0 Å². The first kappa shape index (κ1) is 11.3. The number of halogens is 1. The maximum Gasteiger partial charge on any atom is 0.356 e. The van der Waals surface area contributed by atoms with Crippen LogP contribution in [0.2, 0.25) is 0 Å². The fourth-order valence-electron chi connectivity index (χ4n) is 1.81. The number of hydrogen-bond acceptors (Lipinski definition) is 3. The molecule has 0 bridgehead atoms. The van der Waals surface area contributed by atoms with Crippen LogP contribution in [0, 0.1) is 5.82 Å². The Hall–Kier alpha value is -1.75. The number of carboxylic acid groups (broad SMARTS) is 1. The molecule has 1 aromatic carbocycles. The minimum Gasteiger partial charge on any atom is -0.476 e. The number of aromatic carboxylic acids is 1. The predicted octanol–water partition coefficient (Wildman–Crippen LogP) is 3.52. The summed E-state index contributed by atoms with van der Waals surface area (Å²) in [7, 11) is 0. The van der Waals surface area contributed by atoms with Gasteiger partial charge in [0.05, 0.1) is 9.88 Å². The van der Waals surface area contributed by atoms with Gasteiger partial charge in [-0.3, -0.25) is 0 Å². The maximum absolute atomic E-state index is 13.2. The van der Waals surface area contributed by atoms with Crippen molar-refractivity contribution in [2.75, 3.05) is 0 Å². The molecule has 3 nitrogen and oxygen atoms in total. The number of nitrogens with zero attached hydrogens (tertiary/aromatic N) is 1. The molecule has 0 saturated heterocycles. The molecular weight excluding hydrogens is 253 g/mol. The summed E-state index contributed by atoms with van der Waals surface area (Å²) < 4.78 is 13.2. The van der Waals surface area contributed by atoms with Crippen molar-refractivity contribution in [1.29, 1.82) is 0 Å². The lowest BCUT2D eigenvalue weighted by Gasteiger charge is -1.98. The number of hydrogen-bond donors (Lipinski definition) is 1. The summed E-state index contributed by atoms with van der Waals surface area (Å²) in [5.41, 5.74) is 0.615. The van der Waals surface area contributed by atoms with E-state index >= 15 is 0 Å². The summed E-state index contributed by atoms with van der Waals surface area (Å²) in [5.74, 6) is -1.03. The third-order valence-electron chi connectivity index (χ3n) is 2.86. The molecule has 1 heterocycles. The highest BCUT2D eigenvalue weighted by Gasteiger charge is 2.30. The normalized spacial score (nSPS) is 14.7. The Labute approximate surface area is 107 Å². The van der Waals surface area contributed by atoms with Crippen LogP contribution in [0.1, 0.15) is 34.3 Å². The molecule has 0 spiro atoms. The fraction of sp³-hybridized carbons (Fsp3) is 0.231. The first-order valence-corrected chi connectivity index (χ1v) is 6.47. The van der Waals surface area contributed by atoms with Gasteiger partial charge in [-0.25, -0.2) is 14.2 Å². The Kier molecular flexibility index (Phi) is 2.63. The molecule has 2 aromatic rings. The molecule has 0 atom stereocenters. The average molecular weight is 263 g/mol. The van der Waals surface area contributed by atoms with Crippen LogP contribution in [0.5, 0.6) is 0 Å². The molecule has 1 saturated carbocycles. The molecule has 1 fully saturated rings.